The third-order valence-corrected chi connectivity index (χ3v) is 10.1. The molecule has 7 rings (SSSR count). The highest BCUT2D eigenvalue weighted by atomic mass is 32.1. The Bertz CT molecular complexity index is 2290. The van der Waals surface area contributed by atoms with Crippen LogP contribution in [0.4, 0.5) is 17.1 Å². The third kappa shape index (κ3) is 8.01. The molecule has 0 bridgehead atoms. The first-order chi connectivity index (χ1) is 25.9. The molecular weight excluding hydrogens is 695 g/mol. The maximum atomic E-state index is 12.5. The smallest absolute Gasteiger partial charge is 0.256 e. The minimum Gasteiger partial charge on any atom is -0.496 e. The Morgan fingerprint density at radius 2 is 1.39 bits per heavy atom. The molecular formula is C45H45N3O5S. The largest absolute Gasteiger partial charge is 0.496 e. The lowest BCUT2D eigenvalue weighted by Gasteiger charge is -2.19. The van der Waals surface area contributed by atoms with E-state index in [0.717, 1.165) is 61.7 Å². The fraction of sp³-hybridized carbons (Fsp3) is 0.222. The number of benzene rings is 4. The molecule has 0 saturated heterocycles. The van der Waals surface area contributed by atoms with E-state index >= 15 is 0 Å². The van der Waals surface area contributed by atoms with Crippen molar-refractivity contribution >= 4 is 69.4 Å². The van der Waals surface area contributed by atoms with Gasteiger partial charge in [0.1, 0.15) is 11.5 Å². The van der Waals surface area contributed by atoms with Gasteiger partial charge in [-0.3, -0.25) is 14.4 Å². The summed E-state index contributed by atoms with van der Waals surface area (Å²) >= 11 is 1.62. The fourth-order valence-corrected chi connectivity index (χ4v) is 7.39. The molecule has 2 aliphatic heterocycles. The minimum atomic E-state index is -0.164. The second kappa shape index (κ2) is 16.0. The van der Waals surface area contributed by atoms with Crippen LogP contribution < -0.4 is 25.4 Å². The Morgan fingerprint density at radius 3 is 2.00 bits per heavy atom. The summed E-state index contributed by atoms with van der Waals surface area (Å²) in [6, 6.07) is 23.6. The van der Waals surface area contributed by atoms with Crippen molar-refractivity contribution in [1.82, 2.24) is 0 Å². The highest BCUT2D eigenvalue weighted by Gasteiger charge is 2.26. The highest BCUT2D eigenvalue weighted by molar-refractivity contribution is 7.08. The molecule has 0 fully saturated rings. The second-order valence-electron chi connectivity index (χ2n) is 14.0. The predicted octanol–water partition coefficient (Wildman–Crippen LogP) is 10.6. The van der Waals surface area contributed by atoms with Gasteiger partial charge in [0.25, 0.3) is 11.8 Å². The van der Waals surface area contributed by atoms with Crippen molar-refractivity contribution in [2.75, 3.05) is 30.2 Å². The zero-order valence-corrected chi connectivity index (χ0v) is 32.7. The van der Waals surface area contributed by atoms with E-state index in [9.17, 15) is 14.4 Å². The zero-order chi connectivity index (χ0) is 38.7. The number of hydrogen-bond donors (Lipinski definition) is 3. The Kier molecular flexibility index (Phi) is 11.2. The van der Waals surface area contributed by atoms with Gasteiger partial charge in [0.15, 0.2) is 0 Å². The van der Waals surface area contributed by atoms with Crippen molar-refractivity contribution in [3.8, 4) is 22.6 Å². The van der Waals surface area contributed by atoms with Crippen molar-refractivity contribution in [3.05, 3.63) is 123 Å². The van der Waals surface area contributed by atoms with Gasteiger partial charge in [-0.1, -0.05) is 51.5 Å². The molecule has 0 saturated carbocycles. The highest BCUT2D eigenvalue weighted by Crippen LogP contribution is 2.40. The molecule has 4 aromatic carbocycles. The van der Waals surface area contributed by atoms with Crippen LogP contribution in [0.3, 0.4) is 0 Å². The molecule has 54 heavy (non-hydrogen) atoms. The summed E-state index contributed by atoms with van der Waals surface area (Å²) < 4.78 is 11.2. The van der Waals surface area contributed by atoms with Gasteiger partial charge in [-0.05, 0) is 124 Å². The van der Waals surface area contributed by atoms with Crippen LogP contribution in [0.5, 0.6) is 11.5 Å². The first-order valence-corrected chi connectivity index (χ1v) is 18.8. The van der Waals surface area contributed by atoms with Crippen molar-refractivity contribution in [1.29, 1.82) is 0 Å². The molecule has 9 heteroatoms. The maximum absolute atomic E-state index is 12.5. The number of aryl methyl sites for hydroxylation is 1. The SMILES string of the molecule is COc1c(C(C)C)cc(C=C2C(=O)Nc3ccc(C)cc32)cc1C(C)C.COc1ccc(C=C2C(=O)Nc3cc(NC(C)=O)ccc32)cc1-c1ccsc1. The molecule has 0 spiro atoms. The van der Waals surface area contributed by atoms with E-state index in [1.54, 1.807) is 37.7 Å². The number of methoxy groups -OCH3 is 2. The number of carbonyl (C=O) groups is 3. The normalized spacial score (nSPS) is 14.4. The molecule has 3 N–H and O–H groups in total. The number of carbonyl (C=O) groups excluding carboxylic acids is 3. The van der Waals surface area contributed by atoms with E-state index in [4.69, 9.17) is 9.47 Å². The molecule has 3 heterocycles. The fourth-order valence-electron chi connectivity index (χ4n) is 6.73. The van der Waals surface area contributed by atoms with Crippen LogP contribution in [0.1, 0.15) is 85.4 Å². The van der Waals surface area contributed by atoms with Gasteiger partial charge in [-0.15, -0.1) is 0 Å². The lowest BCUT2D eigenvalue weighted by molar-refractivity contribution is -0.114. The van der Waals surface area contributed by atoms with Crippen LogP contribution in [0.25, 0.3) is 34.4 Å². The quantitative estimate of drug-likeness (QED) is 0.137. The summed E-state index contributed by atoms with van der Waals surface area (Å²) in [6.07, 6.45) is 3.87. The maximum Gasteiger partial charge on any atom is 0.256 e. The van der Waals surface area contributed by atoms with Gasteiger partial charge < -0.3 is 25.4 Å². The first-order valence-electron chi connectivity index (χ1n) is 17.9. The van der Waals surface area contributed by atoms with E-state index < -0.39 is 0 Å². The van der Waals surface area contributed by atoms with Crippen LogP contribution in [-0.4, -0.2) is 31.9 Å². The Balaban J connectivity index is 0.000000185. The average molecular weight is 740 g/mol. The summed E-state index contributed by atoms with van der Waals surface area (Å²) in [5.41, 5.74) is 12.8. The zero-order valence-electron chi connectivity index (χ0n) is 31.8. The number of rotatable bonds is 8. The molecule has 0 radical (unpaired) electrons. The summed E-state index contributed by atoms with van der Waals surface area (Å²) in [7, 11) is 3.38. The molecule has 0 unspecified atom stereocenters. The monoisotopic (exact) mass is 739 g/mol. The molecule has 3 amide bonds. The standard InChI is InChI=1S/C23H27NO2.C22H18N2O3S/c1-13(2)17-10-16(11-18(14(3)4)22(17)26-6)12-20-19-9-15(5)7-8-21(19)24-23(20)25;1-13(25)23-16-4-5-17-19(22(26)24-20(17)11-16)10-14-3-6-21(27-2)18(9-14)15-7-8-28-12-15/h7-14H,1-6H3,(H,24,25);3-12H,1-2H3,(H,23,25)(H,24,26). The Hall–Kier alpha value is -5.93. The van der Waals surface area contributed by atoms with Gasteiger partial charge in [-0.2, -0.15) is 11.3 Å². The molecule has 0 atom stereocenters. The van der Waals surface area contributed by atoms with Crippen molar-refractivity contribution in [2.45, 2.75) is 53.4 Å². The van der Waals surface area contributed by atoms with Crippen LogP contribution in [-0.2, 0) is 14.4 Å². The molecule has 276 valence electrons. The molecule has 1 aromatic heterocycles. The first kappa shape index (κ1) is 37.8. The summed E-state index contributed by atoms with van der Waals surface area (Å²) in [5.74, 6) is 2.07. The number of fused-ring (bicyclic) bond motifs is 2. The van der Waals surface area contributed by atoms with E-state index in [0.29, 0.717) is 28.8 Å². The molecule has 5 aromatic rings. The second-order valence-corrected chi connectivity index (χ2v) is 14.8. The van der Waals surface area contributed by atoms with E-state index in [1.807, 2.05) is 66.9 Å². The van der Waals surface area contributed by atoms with Crippen molar-refractivity contribution in [2.24, 2.45) is 0 Å². The number of hydrogen-bond acceptors (Lipinski definition) is 6. The van der Waals surface area contributed by atoms with Gasteiger partial charge >= 0.3 is 0 Å². The minimum absolute atomic E-state index is 0.0430. The number of ether oxygens (including phenoxy) is 2. The number of thiophene rings is 1. The lowest BCUT2D eigenvalue weighted by atomic mass is 9.90. The van der Waals surface area contributed by atoms with Gasteiger partial charge in [0.05, 0.1) is 19.9 Å². The topological polar surface area (TPSA) is 106 Å². The van der Waals surface area contributed by atoms with Gasteiger partial charge in [0.2, 0.25) is 5.91 Å². The van der Waals surface area contributed by atoms with Gasteiger partial charge in [-0.25, -0.2) is 0 Å². The van der Waals surface area contributed by atoms with Crippen molar-refractivity contribution in [3.63, 3.8) is 0 Å². The molecule has 8 nitrogen and oxygen atoms in total. The van der Waals surface area contributed by atoms with E-state index in [2.05, 4.69) is 67.2 Å². The van der Waals surface area contributed by atoms with Crippen LogP contribution in [0.2, 0.25) is 0 Å². The van der Waals surface area contributed by atoms with E-state index in [-0.39, 0.29) is 17.7 Å². The summed E-state index contributed by atoms with van der Waals surface area (Å²) in [6.45, 7) is 12.2. The molecule has 0 aliphatic carbocycles. The Morgan fingerprint density at radius 1 is 0.722 bits per heavy atom. The van der Waals surface area contributed by atoms with Crippen molar-refractivity contribution < 1.29 is 23.9 Å². The number of nitrogens with one attached hydrogen (secondary N) is 3. The third-order valence-electron chi connectivity index (χ3n) is 9.38. The average Bonchev–Trinajstić information content (AvgIpc) is 3.86. The summed E-state index contributed by atoms with van der Waals surface area (Å²) in [5, 5.41) is 12.6. The predicted molar refractivity (Wildman–Crippen MR) is 222 cm³/mol. The Labute approximate surface area is 320 Å². The van der Waals surface area contributed by atoms with Crippen LogP contribution in [0, 0.1) is 6.92 Å². The van der Waals surface area contributed by atoms with E-state index in [1.165, 1.54) is 18.1 Å². The molecule has 2 aliphatic rings. The van der Waals surface area contributed by atoms with Crippen LogP contribution in [0.15, 0.2) is 83.6 Å². The lowest BCUT2D eigenvalue weighted by Crippen LogP contribution is -2.06. The summed E-state index contributed by atoms with van der Waals surface area (Å²) in [4.78, 5) is 36.3. The number of amides is 3. The number of anilines is 3. The van der Waals surface area contributed by atoms with Crippen LogP contribution >= 0.6 is 11.3 Å². The van der Waals surface area contributed by atoms with Gasteiger partial charge in [0, 0.05) is 46.1 Å².